The van der Waals surface area contributed by atoms with E-state index in [0.29, 0.717) is 34.3 Å². The quantitative estimate of drug-likeness (QED) is 0.0889. The first-order valence-corrected chi connectivity index (χ1v) is 16.5. The molecule has 0 aliphatic heterocycles. The predicted molar refractivity (Wildman–Crippen MR) is 188 cm³/mol. The van der Waals surface area contributed by atoms with E-state index in [-0.39, 0.29) is 17.4 Å². The Morgan fingerprint density at radius 1 is 0.872 bits per heavy atom. The Balaban J connectivity index is 1.22. The minimum Gasteiger partial charge on any atom is -0.497 e. The van der Waals surface area contributed by atoms with Gasteiger partial charge in [0.25, 0.3) is 11.8 Å². The first kappa shape index (κ1) is 33.0. The highest BCUT2D eigenvalue weighted by Gasteiger charge is 2.16. The summed E-state index contributed by atoms with van der Waals surface area (Å²) in [6, 6.07) is 30.6. The molecule has 3 amide bonds. The van der Waals surface area contributed by atoms with Gasteiger partial charge in [0.2, 0.25) is 5.91 Å². The highest BCUT2D eigenvalue weighted by atomic mass is 32.2. The third kappa shape index (κ3) is 9.55. The van der Waals surface area contributed by atoms with Crippen molar-refractivity contribution in [1.29, 1.82) is 0 Å². The third-order valence-electron chi connectivity index (χ3n) is 6.61. The molecular formula is C36H32N4O5S2. The number of benzene rings is 4. The van der Waals surface area contributed by atoms with Crippen LogP contribution in [0, 0.1) is 0 Å². The van der Waals surface area contributed by atoms with Crippen LogP contribution in [0.4, 0.5) is 10.8 Å². The number of ether oxygens (including phenoxy) is 2. The zero-order chi connectivity index (χ0) is 33.0. The number of rotatable bonds is 13. The average molecular weight is 665 g/mol. The van der Waals surface area contributed by atoms with E-state index in [2.05, 4.69) is 20.9 Å². The lowest BCUT2D eigenvalue weighted by molar-refractivity contribution is -0.114. The summed E-state index contributed by atoms with van der Waals surface area (Å²) in [4.78, 5) is 44.5. The number of carbonyl (C=O) groups excluding carboxylic acids is 3. The van der Waals surface area contributed by atoms with Crippen molar-refractivity contribution in [3.8, 4) is 22.8 Å². The minimum atomic E-state index is -0.501. The van der Waals surface area contributed by atoms with Gasteiger partial charge < -0.3 is 25.4 Å². The van der Waals surface area contributed by atoms with Gasteiger partial charge in [-0.15, -0.1) is 23.1 Å². The number of hydrogen-bond donors (Lipinski definition) is 3. The molecule has 9 nitrogen and oxygen atoms in total. The number of carbonyl (C=O) groups is 3. The topological polar surface area (TPSA) is 119 Å². The number of aromatic nitrogens is 1. The summed E-state index contributed by atoms with van der Waals surface area (Å²) in [6.07, 6.45) is 1.60. The fraction of sp³-hybridized carbons (Fsp3) is 0.111. The zero-order valence-electron chi connectivity index (χ0n) is 25.7. The van der Waals surface area contributed by atoms with Crippen LogP contribution < -0.4 is 25.4 Å². The van der Waals surface area contributed by atoms with Crippen LogP contribution in [0.3, 0.4) is 0 Å². The number of methoxy groups -OCH3 is 1. The van der Waals surface area contributed by atoms with Gasteiger partial charge in [0.1, 0.15) is 17.2 Å². The molecule has 0 spiro atoms. The lowest BCUT2D eigenvalue weighted by atomic mass is 10.1. The molecule has 0 aliphatic rings. The fourth-order valence-corrected chi connectivity index (χ4v) is 5.84. The highest BCUT2D eigenvalue weighted by molar-refractivity contribution is 8.00. The maximum absolute atomic E-state index is 13.5. The van der Waals surface area contributed by atoms with Crippen molar-refractivity contribution < 1.29 is 23.9 Å². The molecule has 0 fully saturated rings. The van der Waals surface area contributed by atoms with E-state index in [4.69, 9.17) is 9.47 Å². The minimum absolute atomic E-state index is 0.0669. The average Bonchev–Trinajstić information content (AvgIpc) is 3.57. The van der Waals surface area contributed by atoms with Crippen LogP contribution in [0.25, 0.3) is 17.3 Å². The Bertz CT molecular complexity index is 1870. The normalized spacial score (nSPS) is 11.0. The van der Waals surface area contributed by atoms with Gasteiger partial charge in [-0.05, 0) is 73.2 Å². The first-order chi connectivity index (χ1) is 22.9. The number of nitrogens with zero attached hydrogens (tertiary/aromatic N) is 1. The van der Waals surface area contributed by atoms with E-state index in [0.717, 1.165) is 21.9 Å². The lowest BCUT2D eigenvalue weighted by Crippen LogP contribution is -2.30. The molecule has 0 radical (unpaired) electrons. The number of thiazole rings is 1. The standard InChI is InChI=1S/C36H32N4O5S2/c1-3-45-28-17-15-24(16-18-28)19-31(38-34(42)25-9-5-4-6-10-25)35(43)37-27-12-8-14-30(21-27)46-23-33(41)40-36-39-32(22-47-36)26-11-7-13-29(20-26)44-2/h4-22H,3,23H2,1-2H3,(H,37,43)(H,38,42)(H,39,40,41)/b31-19+. The summed E-state index contributed by atoms with van der Waals surface area (Å²) in [6.45, 7) is 2.44. The predicted octanol–water partition coefficient (Wildman–Crippen LogP) is 7.36. The Hall–Kier alpha value is -5.39. The van der Waals surface area contributed by atoms with Gasteiger partial charge in [-0.2, -0.15) is 0 Å². The van der Waals surface area contributed by atoms with E-state index in [9.17, 15) is 14.4 Å². The maximum atomic E-state index is 13.5. The van der Waals surface area contributed by atoms with E-state index in [1.54, 1.807) is 79.9 Å². The second-order valence-corrected chi connectivity index (χ2v) is 11.9. The summed E-state index contributed by atoms with van der Waals surface area (Å²) in [7, 11) is 1.61. The molecule has 0 unspecified atom stereocenters. The molecule has 3 N–H and O–H groups in total. The summed E-state index contributed by atoms with van der Waals surface area (Å²) in [5, 5.41) is 10.8. The molecule has 47 heavy (non-hydrogen) atoms. The van der Waals surface area contributed by atoms with Crippen LogP contribution in [0.2, 0.25) is 0 Å². The van der Waals surface area contributed by atoms with E-state index in [1.807, 2.05) is 48.7 Å². The number of thioether (sulfide) groups is 1. The number of anilines is 2. The van der Waals surface area contributed by atoms with Gasteiger partial charge >= 0.3 is 0 Å². The largest absolute Gasteiger partial charge is 0.497 e. The van der Waals surface area contributed by atoms with E-state index in [1.165, 1.54) is 23.1 Å². The van der Waals surface area contributed by atoms with Crippen molar-refractivity contribution in [1.82, 2.24) is 10.3 Å². The number of hydrogen-bond acceptors (Lipinski definition) is 8. The molecule has 0 saturated carbocycles. The molecule has 1 aromatic heterocycles. The molecule has 0 aliphatic carbocycles. The van der Waals surface area contributed by atoms with Crippen LogP contribution in [0.5, 0.6) is 11.5 Å². The summed E-state index contributed by atoms with van der Waals surface area (Å²) < 4.78 is 10.8. The van der Waals surface area contributed by atoms with Gasteiger partial charge in [-0.1, -0.05) is 48.5 Å². The second kappa shape index (κ2) is 16.3. The Labute approximate surface area is 281 Å². The summed E-state index contributed by atoms with van der Waals surface area (Å²) >= 11 is 2.67. The number of amides is 3. The Morgan fingerprint density at radius 3 is 2.43 bits per heavy atom. The van der Waals surface area contributed by atoms with Crippen molar-refractivity contribution in [3.63, 3.8) is 0 Å². The monoisotopic (exact) mass is 664 g/mol. The Morgan fingerprint density at radius 2 is 1.66 bits per heavy atom. The molecule has 11 heteroatoms. The number of nitrogens with one attached hydrogen (secondary N) is 3. The van der Waals surface area contributed by atoms with Gasteiger partial charge in [-0.3, -0.25) is 14.4 Å². The molecule has 0 bridgehead atoms. The molecule has 5 rings (SSSR count). The molecule has 5 aromatic rings. The Kier molecular flexibility index (Phi) is 11.4. The van der Waals surface area contributed by atoms with Crippen molar-refractivity contribution in [3.05, 3.63) is 125 Å². The maximum Gasteiger partial charge on any atom is 0.272 e. The van der Waals surface area contributed by atoms with Crippen LogP contribution in [-0.4, -0.2) is 42.2 Å². The van der Waals surface area contributed by atoms with Gasteiger partial charge in [0, 0.05) is 27.1 Å². The zero-order valence-corrected chi connectivity index (χ0v) is 27.3. The molecule has 0 saturated heterocycles. The van der Waals surface area contributed by atoms with Crippen molar-refractivity contribution >= 4 is 57.7 Å². The fourth-order valence-electron chi connectivity index (χ4n) is 4.35. The summed E-state index contributed by atoms with van der Waals surface area (Å²) in [5.74, 6) is 0.453. The van der Waals surface area contributed by atoms with Crippen LogP contribution in [0.1, 0.15) is 22.8 Å². The smallest absolute Gasteiger partial charge is 0.272 e. The molecular weight excluding hydrogens is 633 g/mol. The van der Waals surface area contributed by atoms with Gasteiger partial charge in [0.05, 0.1) is 25.2 Å². The molecule has 0 atom stereocenters. The van der Waals surface area contributed by atoms with Crippen LogP contribution in [0.15, 0.2) is 119 Å². The van der Waals surface area contributed by atoms with Crippen molar-refractivity contribution in [2.24, 2.45) is 0 Å². The highest BCUT2D eigenvalue weighted by Crippen LogP contribution is 2.28. The van der Waals surface area contributed by atoms with Gasteiger partial charge in [0.15, 0.2) is 5.13 Å². The SMILES string of the molecule is CCOc1ccc(/C=C(/NC(=O)c2ccccc2)C(=O)Nc2cccc(SCC(=O)Nc3nc(-c4cccc(OC)c4)cs3)c2)cc1. The van der Waals surface area contributed by atoms with Crippen LogP contribution in [-0.2, 0) is 9.59 Å². The van der Waals surface area contributed by atoms with Gasteiger partial charge in [-0.25, -0.2) is 4.98 Å². The second-order valence-electron chi connectivity index (χ2n) is 9.97. The third-order valence-corrected chi connectivity index (χ3v) is 8.36. The summed E-state index contributed by atoms with van der Waals surface area (Å²) in [5.41, 5.74) is 3.34. The lowest BCUT2D eigenvalue weighted by Gasteiger charge is -2.12. The van der Waals surface area contributed by atoms with Crippen LogP contribution >= 0.6 is 23.1 Å². The van der Waals surface area contributed by atoms with Crippen molar-refractivity contribution in [2.45, 2.75) is 11.8 Å². The molecule has 1 heterocycles. The molecule has 238 valence electrons. The van der Waals surface area contributed by atoms with E-state index >= 15 is 0 Å². The van der Waals surface area contributed by atoms with E-state index < -0.39 is 11.8 Å². The first-order valence-electron chi connectivity index (χ1n) is 14.6. The molecule has 4 aromatic carbocycles. The van der Waals surface area contributed by atoms with Crippen molar-refractivity contribution in [2.75, 3.05) is 30.1 Å².